The first kappa shape index (κ1) is 13.3. The number of carboxylic acid groups (broad SMARTS) is 1. The summed E-state index contributed by atoms with van der Waals surface area (Å²) in [5.41, 5.74) is 0. The minimum atomic E-state index is -1.06. The van der Waals surface area contributed by atoms with Crippen LogP contribution in [0.25, 0.3) is 0 Å². The molecule has 4 N–H and O–H groups in total. The molecule has 1 rings (SSSR count). The zero-order valence-corrected chi connectivity index (χ0v) is 9.66. The van der Waals surface area contributed by atoms with Crippen LogP contribution in [-0.4, -0.2) is 41.6 Å². The Morgan fingerprint density at radius 1 is 1.59 bits per heavy atom. The fraction of sp³-hybridized carbons (Fsp3) is 0.700. The number of urea groups is 1. The van der Waals surface area contributed by atoms with E-state index in [0.717, 1.165) is 0 Å². The number of carbonyl (C=O) groups is 3. The number of aliphatic carboxylic acids is 1. The van der Waals surface area contributed by atoms with Crippen LogP contribution in [0.1, 0.15) is 26.2 Å². The number of carboxylic acids is 1. The van der Waals surface area contributed by atoms with Crippen molar-refractivity contribution in [2.45, 2.75) is 38.3 Å². The molecule has 0 saturated carbocycles. The molecule has 0 aromatic carbocycles. The molecule has 7 heteroatoms. The third-order valence-electron chi connectivity index (χ3n) is 2.61. The second kappa shape index (κ2) is 6.07. The smallest absolute Gasteiger partial charge is 0.326 e. The molecule has 1 heterocycles. The molecule has 96 valence electrons. The van der Waals surface area contributed by atoms with Gasteiger partial charge >= 0.3 is 12.0 Å². The maximum absolute atomic E-state index is 11.5. The highest BCUT2D eigenvalue weighted by atomic mass is 16.4. The van der Waals surface area contributed by atoms with Crippen molar-refractivity contribution >= 4 is 17.9 Å². The molecule has 17 heavy (non-hydrogen) atoms. The van der Waals surface area contributed by atoms with E-state index in [-0.39, 0.29) is 11.9 Å². The molecule has 0 spiro atoms. The van der Waals surface area contributed by atoms with Crippen molar-refractivity contribution in [3.63, 3.8) is 0 Å². The summed E-state index contributed by atoms with van der Waals surface area (Å²) in [5, 5.41) is 16.4. The standard InChI is InChI=1S/C10H17N3O4/c1-2-7(9(15)16)13-10(17)12-6-3-4-8(14)11-5-6/h6-7H,2-5H2,1H3,(H,11,14)(H,15,16)(H2,12,13,17). The zero-order valence-electron chi connectivity index (χ0n) is 9.66. The molecule has 1 fully saturated rings. The van der Waals surface area contributed by atoms with Gasteiger partial charge in [-0.1, -0.05) is 6.92 Å². The molecular weight excluding hydrogens is 226 g/mol. The maximum Gasteiger partial charge on any atom is 0.326 e. The van der Waals surface area contributed by atoms with Gasteiger partial charge in [-0.15, -0.1) is 0 Å². The van der Waals surface area contributed by atoms with Crippen molar-refractivity contribution in [2.75, 3.05) is 6.54 Å². The SMILES string of the molecule is CCC(NC(=O)NC1CCC(=O)NC1)C(=O)O. The van der Waals surface area contributed by atoms with E-state index in [1.807, 2.05) is 0 Å². The van der Waals surface area contributed by atoms with Gasteiger partial charge in [0.15, 0.2) is 0 Å². The monoisotopic (exact) mass is 243 g/mol. The van der Waals surface area contributed by atoms with Gasteiger partial charge in [-0.25, -0.2) is 9.59 Å². The molecule has 1 saturated heterocycles. The molecule has 2 unspecified atom stereocenters. The number of hydrogen-bond acceptors (Lipinski definition) is 3. The van der Waals surface area contributed by atoms with Crippen LogP contribution in [0, 0.1) is 0 Å². The van der Waals surface area contributed by atoms with Gasteiger partial charge in [-0.05, 0) is 12.8 Å². The fourth-order valence-corrected chi connectivity index (χ4v) is 1.58. The topological polar surface area (TPSA) is 108 Å². The van der Waals surface area contributed by atoms with E-state index in [2.05, 4.69) is 16.0 Å². The van der Waals surface area contributed by atoms with E-state index in [4.69, 9.17) is 5.11 Å². The highest BCUT2D eigenvalue weighted by molar-refractivity contribution is 5.83. The number of nitrogens with one attached hydrogen (secondary N) is 3. The van der Waals surface area contributed by atoms with E-state index in [1.54, 1.807) is 6.92 Å². The average Bonchev–Trinajstić information content (AvgIpc) is 2.28. The Kier molecular flexibility index (Phi) is 4.74. The summed E-state index contributed by atoms with van der Waals surface area (Å²) in [6, 6.07) is -1.53. The van der Waals surface area contributed by atoms with Crippen LogP contribution in [0.3, 0.4) is 0 Å². The summed E-state index contributed by atoms with van der Waals surface area (Å²) >= 11 is 0. The van der Waals surface area contributed by atoms with Crippen LogP contribution in [0.5, 0.6) is 0 Å². The van der Waals surface area contributed by atoms with Crippen molar-refractivity contribution in [3.8, 4) is 0 Å². The molecule has 0 radical (unpaired) electrons. The van der Waals surface area contributed by atoms with Crippen LogP contribution in [0.2, 0.25) is 0 Å². The molecule has 1 aliphatic rings. The Balaban J connectivity index is 2.34. The minimum Gasteiger partial charge on any atom is -0.480 e. The van der Waals surface area contributed by atoms with Crippen molar-refractivity contribution in [2.24, 2.45) is 0 Å². The molecule has 7 nitrogen and oxygen atoms in total. The Hall–Kier alpha value is -1.79. The molecule has 0 aromatic rings. The van der Waals surface area contributed by atoms with Crippen LogP contribution in [0.4, 0.5) is 4.79 Å². The number of amides is 3. The van der Waals surface area contributed by atoms with Gasteiger partial charge < -0.3 is 21.1 Å². The van der Waals surface area contributed by atoms with E-state index in [0.29, 0.717) is 25.8 Å². The lowest BCUT2D eigenvalue weighted by Gasteiger charge is -2.24. The van der Waals surface area contributed by atoms with Crippen LogP contribution >= 0.6 is 0 Å². The molecule has 0 bridgehead atoms. The Morgan fingerprint density at radius 3 is 2.76 bits per heavy atom. The van der Waals surface area contributed by atoms with Gasteiger partial charge in [0, 0.05) is 19.0 Å². The summed E-state index contributed by atoms with van der Waals surface area (Å²) in [5.74, 6) is -1.08. The third kappa shape index (κ3) is 4.29. The number of piperidine rings is 1. The highest BCUT2D eigenvalue weighted by Crippen LogP contribution is 2.02. The molecular formula is C10H17N3O4. The van der Waals surface area contributed by atoms with Crippen molar-refractivity contribution < 1.29 is 19.5 Å². The van der Waals surface area contributed by atoms with E-state index >= 15 is 0 Å². The van der Waals surface area contributed by atoms with Crippen molar-refractivity contribution in [1.29, 1.82) is 0 Å². The number of carbonyl (C=O) groups excluding carboxylic acids is 2. The Bertz CT molecular complexity index is 309. The maximum atomic E-state index is 11.5. The van der Waals surface area contributed by atoms with Gasteiger partial charge in [0.05, 0.1) is 0 Å². The van der Waals surface area contributed by atoms with E-state index < -0.39 is 18.0 Å². The zero-order chi connectivity index (χ0) is 12.8. The largest absolute Gasteiger partial charge is 0.480 e. The van der Waals surface area contributed by atoms with E-state index in [1.165, 1.54) is 0 Å². The lowest BCUT2D eigenvalue weighted by atomic mass is 10.1. The fourth-order valence-electron chi connectivity index (χ4n) is 1.58. The summed E-state index contributed by atoms with van der Waals surface area (Å²) in [6.45, 7) is 2.07. The molecule has 1 aliphatic heterocycles. The van der Waals surface area contributed by atoms with Gasteiger partial charge in [0.2, 0.25) is 5.91 Å². The third-order valence-corrected chi connectivity index (χ3v) is 2.61. The highest BCUT2D eigenvalue weighted by Gasteiger charge is 2.22. The predicted molar refractivity (Wildman–Crippen MR) is 59.4 cm³/mol. The summed E-state index contributed by atoms with van der Waals surface area (Å²) in [7, 11) is 0. The van der Waals surface area contributed by atoms with Gasteiger partial charge in [-0.3, -0.25) is 4.79 Å². The lowest BCUT2D eigenvalue weighted by molar-refractivity contribution is -0.139. The first-order valence-corrected chi connectivity index (χ1v) is 5.59. The first-order chi connectivity index (χ1) is 8.02. The second-order valence-corrected chi connectivity index (χ2v) is 3.96. The molecule has 0 aliphatic carbocycles. The summed E-state index contributed by atoms with van der Waals surface area (Å²) in [4.78, 5) is 33.1. The summed E-state index contributed by atoms with van der Waals surface area (Å²) < 4.78 is 0. The Morgan fingerprint density at radius 2 is 2.29 bits per heavy atom. The number of hydrogen-bond donors (Lipinski definition) is 4. The molecule has 2 atom stereocenters. The first-order valence-electron chi connectivity index (χ1n) is 5.59. The van der Waals surface area contributed by atoms with E-state index in [9.17, 15) is 14.4 Å². The molecule has 0 aromatic heterocycles. The van der Waals surface area contributed by atoms with Crippen LogP contribution in [0.15, 0.2) is 0 Å². The minimum absolute atomic E-state index is 0.0274. The van der Waals surface area contributed by atoms with Crippen LogP contribution in [-0.2, 0) is 9.59 Å². The quantitative estimate of drug-likeness (QED) is 0.530. The van der Waals surface area contributed by atoms with Crippen molar-refractivity contribution in [1.82, 2.24) is 16.0 Å². The predicted octanol–water partition coefficient (Wildman–Crippen LogP) is -0.573. The van der Waals surface area contributed by atoms with Crippen LogP contribution < -0.4 is 16.0 Å². The van der Waals surface area contributed by atoms with Gasteiger partial charge in [0.1, 0.15) is 6.04 Å². The summed E-state index contributed by atoms with van der Waals surface area (Å²) in [6.07, 6.45) is 1.27. The average molecular weight is 243 g/mol. The van der Waals surface area contributed by atoms with Gasteiger partial charge in [-0.2, -0.15) is 0 Å². The second-order valence-electron chi connectivity index (χ2n) is 3.96. The Labute approximate surface area is 98.9 Å². The van der Waals surface area contributed by atoms with Crippen molar-refractivity contribution in [3.05, 3.63) is 0 Å². The molecule has 3 amide bonds. The lowest BCUT2D eigenvalue weighted by Crippen LogP contribution is -2.53. The number of rotatable bonds is 4. The van der Waals surface area contributed by atoms with Gasteiger partial charge in [0.25, 0.3) is 0 Å². The normalized spacial score (nSPS) is 21.2.